The summed E-state index contributed by atoms with van der Waals surface area (Å²) in [4.78, 5) is 26.4. The van der Waals surface area contributed by atoms with Crippen molar-refractivity contribution in [3.8, 4) is 0 Å². The molecule has 0 radical (unpaired) electrons. The van der Waals surface area contributed by atoms with Crippen LogP contribution in [0.15, 0.2) is 30.3 Å². The van der Waals surface area contributed by atoms with Gasteiger partial charge in [-0.2, -0.15) is 0 Å². The molecule has 1 aliphatic heterocycles. The Bertz CT molecular complexity index is 663. The van der Waals surface area contributed by atoms with E-state index in [4.69, 9.17) is 10.5 Å². The van der Waals surface area contributed by atoms with E-state index in [0.29, 0.717) is 31.7 Å². The molecule has 1 aromatic carbocycles. The van der Waals surface area contributed by atoms with E-state index in [0.717, 1.165) is 18.4 Å². The molecule has 29 heavy (non-hydrogen) atoms. The molecule has 7 heteroatoms. The molecule has 3 unspecified atom stereocenters. The number of nitrogens with one attached hydrogen (secondary N) is 1. The average Bonchev–Trinajstić information content (AvgIpc) is 3.16. The van der Waals surface area contributed by atoms with Crippen molar-refractivity contribution < 1.29 is 19.4 Å². The lowest BCUT2D eigenvalue weighted by Crippen LogP contribution is -2.51. The molecule has 0 bridgehead atoms. The third kappa shape index (κ3) is 6.44. The van der Waals surface area contributed by atoms with Crippen LogP contribution in [0.4, 0.5) is 4.79 Å². The fraction of sp³-hybridized carbons (Fsp3) is 0.636. The van der Waals surface area contributed by atoms with Gasteiger partial charge in [-0.3, -0.25) is 4.79 Å². The Balaban J connectivity index is 1.45. The lowest BCUT2D eigenvalue weighted by atomic mass is 9.97. The number of hydrogen-bond donors (Lipinski definition) is 3. The van der Waals surface area contributed by atoms with Crippen LogP contribution in [0.2, 0.25) is 0 Å². The van der Waals surface area contributed by atoms with Crippen molar-refractivity contribution in [3.05, 3.63) is 35.9 Å². The number of nitrogens with zero attached hydrogens (tertiary/aromatic N) is 1. The second-order valence-electron chi connectivity index (χ2n) is 8.30. The number of hydrogen-bond acceptors (Lipinski definition) is 5. The van der Waals surface area contributed by atoms with Crippen LogP contribution in [0.25, 0.3) is 0 Å². The number of nitrogens with two attached hydrogens (primary N) is 1. The molecule has 0 aromatic heterocycles. The van der Waals surface area contributed by atoms with Crippen LogP contribution in [-0.4, -0.2) is 53.3 Å². The summed E-state index contributed by atoms with van der Waals surface area (Å²) in [6.45, 7) is 0.823. The molecule has 1 saturated heterocycles. The smallest absolute Gasteiger partial charge is 0.410 e. The maximum absolute atomic E-state index is 12.5. The maximum atomic E-state index is 12.5. The molecule has 1 heterocycles. The van der Waals surface area contributed by atoms with Gasteiger partial charge in [-0.15, -0.1) is 0 Å². The number of aliphatic hydroxyl groups excluding tert-OH is 1. The molecule has 0 spiro atoms. The zero-order valence-electron chi connectivity index (χ0n) is 17.0. The monoisotopic (exact) mass is 403 g/mol. The summed E-state index contributed by atoms with van der Waals surface area (Å²) in [5, 5.41) is 13.5. The predicted molar refractivity (Wildman–Crippen MR) is 110 cm³/mol. The Morgan fingerprint density at radius 1 is 1.17 bits per heavy atom. The Morgan fingerprint density at radius 2 is 1.90 bits per heavy atom. The molecule has 160 valence electrons. The highest BCUT2D eigenvalue weighted by Crippen LogP contribution is 2.28. The highest BCUT2D eigenvalue weighted by Gasteiger charge is 2.31. The summed E-state index contributed by atoms with van der Waals surface area (Å²) in [6.07, 6.45) is 5.42. The molecule has 3 atom stereocenters. The molecule has 2 aliphatic rings. The number of aliphatic hydroxyl groups is 1. The number of benzene rings is 1. The summed E-state index contributed by atoms with van der Waals surface area (Å²) in [6, 6.07) is 8.54. The van der Waals surface area contributed by atoms with Crippen molar-refractivity contribution in [3.63, 3.8) is 0 Å². The van der Waals surface area contributed by atoms with Crippen LogP contribution in [0.1, 0.15) is 50.5 Å². The highest BCUT2D eigenvalue weighted by molar-refractivity contribution is 5.81. The van der Waals surface area contributed by atoms with Crippen LogP contribution in [0.5, 0.6) is 0 Å². The molecule has 1 saturated carbocycles. The molecule has 1 aromatic rings. The summed E-state index contributed by atoms with van der Waals surface area (Å²) >= 11 is 0. The fourth-order valence-electron chi connectivity index (χ4n) is 4.29. The van der Waals surface area contributed by atoms with Gasteiger partial charge in [-0.1, -0.05) is 56.0 Å². The average molecular weight is 404 g/mol. The number of ether oxygens (including phenoxy) is 1. The quantitative estimate of drug-likeness (QED) is 0.675. The number of rotatable bonds is 6. The van der Waals surface area contributed by atoms with E-state index in [9.17, 15) is 14.7 Å². The topological polar surface area (TPSA) is 105 Å². The van der Waals surface area contributed by atoms with Gasteiger partial charge < -0.3 is 25.8 Å². The SMILES string of the molecule is NC(CC1CCCC1)C(=O)NC1CCCN(C(=O)OCc2ccccc2)CC1O. The van der Waals surface area contributed by atoms with Gasteiger partial charge in [0.1, 0.15) is 6.61 Å². The normalized spacial score (nSPS) is 24.0. The van der Waals surface area contributed by atoms with Crippen molar-refractivity contribution >= 4 is 12.0 Å². The second-order valence-corrected chi connectivity index (χ2v) is 8.30. The molecule has 7 nitrogen and oxygen atoms in total. The van der Waals surface area contributed by atoms with E-state index in [-0.39, 0.29) is 19.1 Å². The van der Waals surface area contributed by atoms with E-state index < -0.39 is 24.3 Å². The minimum absolute atomic E-state index is 0.135. The predicted octanol–water partition coefficient (Wildman–Crippen LogP) is 2.17. The van der Waals surface area contributed by atoms with Crippen LogP contribution >= 0.6 is 0 Å². The Labute approximate surface area is 172 Å². The van der Waals surface area contributed by atoms with Gasteiger partial charge in [0.05, 0.1) is 24.7 Å². The first-order valence-electron chi connectivity index (χ1n) is 10.7. The lowest BCUT2D eigenvalue weighted by molar-refractivity contribution is -0.124. The zero-order chi connectivity index (χ0) is 20.6. The van der Waals surface area contributed by atoms with Gasteiger partial charge in [0.25, 0.3) is 0 Å². The molecule has 3 rings (SSSR count). The van der Waals surface area contributed by atoms with Crippen LogP contribution in [0.3, 0.4) is 0 Å². The minimum Gasteiger partial charge on any atom is -0.445 e. The lowest BCUT2D eigenvalue weighted by Gasteiger charge is -2.26. The van der Waals surface area contributed by atoms with Crippen molar-refractivity contribution in [1.82, 2.24) is 10.2 Å². The Hall–Kier alpha value is -2.12. The third-order valence-corrected chi connectivity index (χ3v) is 6.00. The van der Waals surface area contributed by atoms with E-state index in [1.807, 2.05) is 30.3 Å². The van der Waals surface area contributed by atoms with Gasteiger partial charge in [0.15, 0.2) is 0 Å². The van der Waals surface area contributed by atoms with Crippen molar-refractivity contribution in [2.45, 2.75) is 69.7 Å². The first-order chi connectivity index (χ1) is 14.0. The first-order valence-corrected chi connectivity index (χ1v) is 10.7. The molecule has 1 aliphatic carbocycles. The van der Waals surface area contributed by atoms with Gasteiger partial charge in [-0.25, -0.2) is 4.79 Å². The van der Waals surface area contributed by atoms with Crippen molar-refractivity contribution in [2.75, 3.05) is 13.1 Å². The summed E-state index contributed by atoms with van der Waals surface area (Å²) < 4.78 is 5.37. The van der Waals surface area contributed by atoms with Crippen LogP contribution in [0, 0.1) is 5.92 Å². The molecular weight excluding hydrogens is 370 g/mol. The number of likely N-dealkylation sites (tertiary alicyclic amines) is 1. The molecule has 2 amide bonds. The van der Waals surface area contributed by atoms with Gasteiger partial charge in [-0.05, 0) is 30.7 Å². The molecular formula is C22H33N3O4. The number of carbonyl (C=O) groups excluding carboxylic acids is 2. The Kier molecular flexibility index (Phi) is 7.89. The largest absolute Gasteiger partial charge is 0.445 e. The summed E-state index contributed by atoms with van der Waals surface area (Å²) in [7, 11) is 0. The van der Waals surface area contributed by atoms with Crippen molar-refractivity contribution in [1.29, 1.82) is 0 Å². The third-order valence-electron chi connectivity index (χ3n) is 6.00. The highest BCUT2D eigenvalue weighted by atomic mass is 16.6. The van der Waals surface area contributed by atoms with Gasteiger partial charge in [0.2, 0.25) is 5.91 Å². The minimum atomic E-state index is -0.843. The number of carbonyl (C=O) groups is 2. The summed E-state index contributed by atoms with van der Waals surface area (Å²) in [5.41, 5.74) is 7.01. The van der Waals surface area contributed by atoms with Crippen LogP contribution < -0.4 is 11.1 Å². The van der Waals surface area contributed by atoms with Crippen molar-refractivity contribution in [2.24, 2.45) is 11.7 Å². The van der Waals surface area contributed by atoms with E-state index in [2.05, 4.69) is 5.32 Å². The fourth-order valence-corrected chi connectivity index (χ4v) is 4.29. The summed E-state index contributed by atoms with van der Waals surface area (Å²) in [5.74, 6) is 0.325. The van der Waals surface area contributed by atoms with Crippen LogP contribution in [-0.2, 0) is 16.1 Å². The number of β-amino-alcohol motifs (C(OH)–C–C–N with tert-alkyl or cyclic N) is 1. The van der Waals surface area contributed by atoms with Gasteiger partial charge in [0, 0.05) is 6.54 Å². The maximum Gasteiger partial charge on any atom is 0.410 e. The first kappa shape index (κ1) is 21.6. The van der Waals surface area contributed by atoms with E-state index >= 15 is 0 Å². The zero-order valence-corrected chi connectivity index (χ0v) is 17.0. The second kappa shape index (κ2) is 10.6. The number of amides is 2. The van der Waals surface area contributed by atoms with Gasteiger partial charge >= 0.3 is 6.09 Å². The van der Waals surface area contributed by atoms with E-state index in [1.54, 1.807) is 0 Å². The standard InChI is InChI=1S/C22H33N3O4/c23-18(13-16-7-4-5-8-16)21(27)24-19-11-6-12-25(14-20(19)26)22(28)29-15-17-9-2-1-3-10-17/h1-3,9-10,16,18-20,26H,4-8,11-15,23H2,(H,24,27). The molecule has 4 N–H and O–H groups in total. The molecule has 2 fully saturated rings. The van der Waals surface area contributed by atoms with E-state index in [1.165, 1.54) is 17.7 Å². The Morgan fingerprint density at radius 3 is 2.62 bits per heavy atom.